The second kappa shape index (κ2) is 8.85. The van der Waals surface area contributed by atoms with Crippen LogP contribution in [0.4, 0.5) is 4.39 Å². The summed E-state index contributed by atoms with van der Waals surface area (Å²) in [5.74, 6) is -1.54. The Balaban J connectivity index is 1.77. The molecule has 0 aromatic heterocycles. The summed E-state index contributed by atoms with van der Waals surface area (Å²) in [5, 5.41) is 23.0. The standard InChI is InChI=1S/C23H27FN2O6S/c1-22(2,28)16-8-5-14(6-9-16)18-10-7-15(11-19(18)24)20-12-17(32-26-20)13-23(3,21(27)25-29)33(4,30)31/h5-11,17,28-29H,12-13H2,1-4H3,(H,25,27). The molecule has 2 unspecified atom stereocenters. The van der Waals surface area contributed by atoms with E-state index in [1.807, 2.05) is 0 Å². The third-order valence-electron chi connectivity index (χ3n) is 5.96. The molecule has 1 heterocycles. The molecule has 0 saturated heterocycles. The molecule has 178 valence electrons. The van der Waals surface area contributed by atoms with Crippen molar-refractivity contribution in [1.82, 2.24) is 5.48 Å². The maximum Gasteiger partial charge on any atom is 0.264 e. The van der Waals surface area contributed by atoms with E-state index in [2.05, 4.69) is 5.16 Å². The minimum absolute atomic E-state index is 0.170. The number of hydroxylamine groups is 1. The maximum atomic E-state index is 14.9. The number of oxime groups is 1. The number of halogens is 1. The fourth-order valence-electron chi connectivity index (χ4n) is 3.66. The van der Waals surface area contributed by atoms with E-state index in [-0.39, 0.29) is 12.8 Å². The highest BCUT2D eigenvalue weighted by atomic mass is 32.2. The molecule has 0 radical (unpaired) electrons. The van der Waals surface area contributed by atoms with E-state index in [1.165, 1.54) is 18.5 Å². The van der Waals surface area contributed by atoms with E-state index >= 15 is 0 Å². The zero-order valence-corrected chi connectivity index (χ0v) is 19.6. The first-order chi connectivity index (χ1) is 15.3. The maximum absolute atomic E-state index is 14.9. The van der Waals surface area contributed by atoms with Gasteiger partial charge in [0.2, 0.25) is 0 Å². The monoisotopic (exact) mass is 478 g/mol. The zero-order chi connectivity index (χ0) is 24.6. The molecule has 0 aliphatic carbocycles. The van der Waals surface area contributed by atoms with Gasteiger partial charge in [-0.1, -0.05) is 41.6 Å². The van der Waals surface area contributed by atoms with Gasteiger partial charge in [-0.2, -0.15) is 0 Å². The Morgan fingerprint density at radius 2 is 1.79 bits per heavy atom. The van der Waals surface area contributed by atoms with Crippen molar-refractivity contribution < 1.29 is 32.8 Å². The molecule has 1 amide bonds. The van der Waals surface area contributed by atoms with E-state index in [9.17, 15) is 22.7 Å². The van der Waals surface area contributed by atoms with E-state index in [0.29, 0.717) is 28.0 Å². The lowest BCUT2D eigenvalue weighted by molar-refractivity contribution is -0.132. The Morgan fingerprint density at radius 3 is 2.30 bits per heavy atom. The van der Waals surface area contributed by atoms with Crippen LogP contribution in [-0.4, -0.2) is 47.5 Å². The first-order valence-electron chi connectivity index (χ1n) is 10.3. The van der Waals surface area contributed by atoms with Gasteiger partial charge in [0.25, 0.3) is 5.91 Å². The normalized spacial score (nSPS) is 18.3. The smallest absolute Gasteiger partial charge is 0.264 e. The average Bonchev–Trinajstić information content (AvgIpc) is 3.20. The molecule has 0 spiro atoms. The van der Waals surface area contributed by atoms with Crippen LogP contribution in [0, 0.1) is 5.82 Å². The minimum atomic E-state index is -3.88. The molecule has 0 fully saturated rings. The summed E-state index contributed by atoms with van der Waals surface area (Å²) < 4.78 is 37.3. The number of nitrogens with zero attached hydrogens (tertiary/aromatic N) is 1. The number of sulfone groups is 1. The van der Waals surface area contributed by atoms with Gasteiger partial charge in [0.1, 0.15) is 11.9 Å². The van der Waals surface area contributed by atoms with Crippen molar-refractivity contribution in [2.24, 2.45) is 5.16 Å². The summed E-state index contributed by atoms with van der Waals surface area (Å²) >= 11 is 0. The molecule has 8 nitrogen and oxygen atoms in total. The largest absolute Gasteiger partial charge is 0.392 e. The molecule has 0 saturated carbocycles. The number of benzene rings is 2. The lowest BCUT2D eigenvalue weighted by Crippen LogP contribution is -2.51. The molecule has 1 aliphatic heterocycles. The number of aliphatic hydroxyl groups is 1. The Kier molecular flexibility index (Phi) is 6.65. The SMILES string of the molecule is CC(C)(O)c1ccc(-c2ccc(C3=NOC(CC(C)(C(=O)NO)S(C)(=O)=O)C3)cc2F)cc1. The van der Waals surface area contributed by atoms with Crippen molar-refractivity contribution in [2.45, 2.75) is 50.1 Å². The summed E-state index contributed by atoms with van der Waals surface area (Å²) in [7, 11) is -3.88. The summed E-state index contributed by atoms with van der Waals surface area (Å²) in [6, 6.07) is 11.6. The molecule has 2 aromatic carbocycles. The molecule has 3 rings (SSSR count). The van der Waals surface area contributed by atoms with Crippen molar-refractivity contribution in [3.63, 3.8) is 0 Å². The van der Waals surface area contributed by atoms with E-state index < -0.39 is 38.0 Å². The molecular weight excluding hydrogens is 451 g/mol. The number of amides is 1. The third kappa shape index (κ3) is 5.07. The predicted molar refractivity (Wildman–Crippen MR) is 121 cm³/mol. The molecule has 2 atom stereocenters. The van der Waals surface area contributed by atoms with Gasteiger partial charge < -0.3 is 9.94 Å². The van der Waals surface area contributed by atoms with Gasteiger partial charge in [-0.3, -0.25) is 10.0 Å². The van der Waals surface area contributed by atoms with Crippen molar-refractivity contribution in [2.75, 3.05) is 6.26 Å². The van der Waals surface area contributed by atoms with Crippen LogP contribution in [0.25, 0.3) is 11.1 Å². The van der Waals surface area contributed by atoms with Crippen molar-refractivity contribution in [3.05, 3.63) is 59.4 Å². The Hall–Kier alpha value is -2.82. The lowest BCUT2D eigenvalue weighted by Gasteiger charge is -2.26. The van der Waals surface area contributed by atoms with Gasteiger partial charge >= 0.3 is 0 Å². The van der Waals surface area contributed by atoms with E-state index in [4.69, 9.17) is 10.0 Å². The molecule has 0 bridgehead atoms. The van der Waals surface area contributed by atoms with Crippen LogP contribution in [0.3, 0.4) is 0 Å². The Labute approximate surface area is 192 Å². The third-order valence-corrected chi connectivity index (χ3v) is 7.94. The minimum Gasteiger partial charge on any atom is -0.392 e. The van der Waals surface area contributed by atoms with Crippen LogP contribution in [0.1, 0.15) is 44.7 Å². The van der Waals surface area contributed by atoms with Gasteiger partial charge in [0, 0.05) is 30.2 Å². The van der Waals surface area contributed by atoms with Crippen LogP contribution >= 0.6 is 0 Å². The fourth-order valence-corrected chi connectivity index (χ4v) is 4.53. The molecule has 1 aliphatic rings. The molecule has 33 heavy (non-hydrogen) atoms. The van der Waals surface area contributed by atoms with Gasteiger partial charge in [-0.05, 0) is 38.0 Å². The van der Waals surface area contributed by atoms with Crippen molar-refractivity contribution >= 4 is 21.5 Å². The summed E-state index contributed by atoms with van der Waals surface area (Å²) in [6.45, 7) is 4.54. The van der Waals surface area contributed by atoms with E-state index in [1.54, 1.807) is 50.2 Å². The Bertz CT molecular complexity index is 1190. The highest BCUT2D eigenvalue weighted by Gasteiger charge is 2.47. The van der Waals surface area contributed by atoms with Gasteiger partial charge in [0.05, 0.1) is 11.3 Å². The molecule has 10 heteroatoms. The van der Waals surface area contributed by atoms with Crippen LogP contribution in [0.15, 0.2) is 47.6 Å². The second-order valence-electron chi connectivity index (χ2n) is 8.95. The number of hydrogen-bond donors (Lipinski definition) is 3. The number of hydrogen-bond acceptors (Lipinski definition) is 7. The number of rotatable bonds is 7. The Morgan fingerprint density at radius 1 is 1.18 bits per heavy atom. The topological polar surface area (TPSA) is 125 Å². The quantitative estimate of drug-likeness (QED) is 0.415. The summed E-state index contributed by atoms with van der Waals surface area (Å²) in [6.07, 6.45) is 0.0951. The summed E-state index contributed by atoms with van der Waals surface area (Å²) in [4.78, 5) is 17.3. The first-order valence-corrected chi connectivity index (χ1v) is 12.2. The number of carbonyl (C=O) groups excluding carboxylic acids is 1. The van der Waals surface area contributed by atoms with Crippen molar-refractivity contribution in [1.29, 1.82) is 0 Å². The second-order valence-corrected chi connectivity index (χ2v) is 11.4. The summed E-state index contributed by atoms with van der Waals surface area (Å²) in [5.41, 5.74) is 3.02. The first kappa shape index (κ1) is 24.8. The van der Waals surface area contributed by atoms with Crippen LogP contribution < -0.4 is 5.48 Å². The van der Waals surface area contributed by atoms with Crippen LogP contribution in [-0.2, 0) is 25.1 Å². The van der Waals surface area contributed by atoms with Gasteiger partial charge in [0.15, 0.2) is 14.6 Å². The highest BCUT2D eigenvalue weighted by Crippen LogP contribution is 2.31. The van der Waals surface area contributed by atoms with E-state index in [0.717, 1.165) is 6.26 Å². The van der Waals surface area contributed by atoms with Gasteiger partial charge in [-0.25, -0.2) is 18.3 Å². The number of carbonyl (C=O) groups is 1. The highest BCUT2D eigenvalue weighted by molar-refractivity contribution is 7.92. The molecule has 3 N–H and O–H groups in total. The van der Waals surface area contributed by atoms with Crippen molar-refractivity contribution in [3.8, 4) is 11.1 Å². The van der Waals surface area contributed by atoms with Crippen LogP contribution in [0.5, 0.6) is 0 Å². The molecular formula is C23H27FN2O6S. The predicted octanol–water partition coefficient (Wildman–Crippen LogP) is 2.91. The zero-order valence-electron chi connectivity index (χ0n) is 18.8. The van der Waals surface area contributed by atoms with Gasteiger partial charge in [-0.15, -0.1) is 0 Å². The fraction of sp³-hybridized carbons (Fsp3) is 0.391. The average molecular weight is 479 g/mol. The van der Waals surface area contributed by atoms with Crippen LogP contribution in [0.2, 0.25) is 0 Å². The molecule has 2 aromatic rings. The lowest BCUT2D eigenvalue weighted by atomic mass is 9.94. The number of nitrogens with one attached hydrogen (secondary N) is 1.